The van der Waals surface area contributed by atoms with Gasteiger partial charge in [-0.05, 0) is 49.9 Å². The van der Waals surface area contributed by atoms with E-state index in [1.165, 1.54) is 0 Å². The topological polar surface area (TPSA) is 117 Å². The average Bonchev–Trinajstić information content (AvgIpc) is 3.18. The SMILES string of the molecule is CN[C@@H](C)C(=O)N[C@H](C(=O)N1CCC[C@H]1C(=O)NCc1cccc(N)c1)C(C)(C)C. The number of nitrogens with zero attached hydrogens (tertiary/aromatic N) is 1. The average molecular weight is 418 g/mol. The van der Waals surface area contributed by atoms with Crippen LogP contribution >= 0.6 is 0 Å². The normalized spacial score (nSPS) is 18.6. The molecule has 0 aromatic heterocycles. The maximum Gasteiger partial charge on any atom is 0.246 e. The number of carbonyl (C=O) groups is 3. The fourth-order valence-corrected chi connectivity index (χ4v) is 3.53. The highest BCUT2D eigenvalue weighted by molar-refractivity contribution is 5.93. The zero-order chi connectivity index (χ0) is 22.5. The Morgan fingerprint density at radius 2 is 1.97 bits per heavy atom. The number of likely N-dealkylation sites (tertiary alicyclic amines) is 1. The summed E-state index contributed by atoms with van der Waals surface area (Å²) in [7, 11) is 1.69. The first kappa shape index (κ1) is 23.7. The van der Waals surface area contributed by atoms with Crippen molar-refractivity contribution in [1.29, 1.82) is 0 Å². The number of likely N-dealkylation sites (N-methyl/N-ethyl adjacent to an activating group) is 1. The minimum absolute atomic E-state index is 0.189. The van der Waals surface area contributed by atoms with Crippen molar-refractivity contribution in [3.8, 4) is 0 Å². The van der Waals surface area contributed by atoms with Gasteiger partial charge >= 0.3 is 0 Å². The van der Waals surface area contributed by atoms with Crippen molar-refractivity contribution in [2.24, 2.45) is 5.41 Å². The molecule has 1 aromatic rings. The molecular weight excluding hydrogens is 382 g/mol. The van der Waals surface area contributed by atoms with Crippen molar-refractivity contribution in [3.05, 3.63) is 29.8 Å². The van der Waals surface area contributed by atoms with E-state index in [1.807, 2.05) is 39.0 Å². The molecule has 0 unspecified atom stereocenters. The minimum Gasteiger partial charge on any atom is -0.399 e. The molecule has 2 rings (SSSR count). The molecule has 30 heavy (non-hydrogen) atoms. The molecular formula is C22H35N5O3. The Bertz CT molecular complexity index is 774. The standard InChI is InChI=1S/C22H35N5O3/c1-14(24-5)19(28)26-18(22(2,3)4)21(30)27-11-7-10-17(27)20(29)25-13-15-8-6-9-16(23)12-15/h6,8-9,12,14,17-18,24H,7,10-11,13,23H2,1-5H3,(H,25,29)(H,26,28)/t14-,17-,18+/m0/s1. The van der Waals surface area contributed by atoms with E-state index in [0.717, 1.165) is 12.0 Å². The molecule has 1 saturated heterocycles. The Hall–Kier alpha value is -2.61. The molecule has 0 radical (unpaired) electrons. The highest BCUT2D eigenvalue weighted by Crippen LogP contribution is 2.26. The maximum absolute atomic E-state index is 13.4. The summed E-state index contributed by atoms with van der Waals surface area (Å²) in [6, 6.07) is 5.65. The van der Waals surface area contributed by atoms with Gasteiger partial charge in [0, 0.05) is 18.8 Å². The Kier molecular flexibility index (Phi) is 7.83. The van der Waals surface area contributed by atoms with Crippen LogP contribution in [-0.2, 0) is 20.9 Å². The molecule has 1 aliphatic rings. The van der Waals surface area contributed by atoms with Crippen LogP contribution in [0.4, 0.5) is 5.69 Å². The molecule has 1 aromatic carbocycles. The molecule has 1 fully saturated rings. The Morgan fingerprint density at radius 3 is 2.57 bits per heavy atom. The largest absolute Gasteiger partial charge is 0.399 e. The van der Waals surface area contributed by atoms with Crippen LogP contribution in [0.5, 0.6) is 0 Å². The van der Waals surface area contributed by atoms with Crippen LogP contribution in [0.3, 0.4) is 0 Å². The van der Waals surface area contributed by atoms with E-state index in [4.69, 9.17) is 5.73 Å². The van der Waals surface area contributed by atoms with Crippen LogP contribution in [0.15, 0.2) is 24.3 Å². The summed E-state index contributed by atoms with van der Waals surface area (Å²) in [5.41, 5.74) is 6.84. The predicted octanol–water partition coefficient (Wildman–Crippen LogP) is 1.01. The number of benzene rings is 1. The second-order valence-corrected chi connectivity index (χ2v) is 8.97. The van der Waals surface area contributed by atoms with Gasteiger partial charge in [0.25, 0.3) is 0 Å². The van der Waals surface area contributed by atoms with Crippen molar-refractivity contribution in [3.63, 3.8) is 0 Å². The number of rotatable bonds is 7. The molecule has 0 saturated carbocycles. The van der Waals surface area contributed by atoms with Crippen LogP contribution in [0.2, 0.25) is 0 Å². The number of nitrogen functional groups attached to an aromatic ring is 1. The summed E-state index contributed by atoms with van der Waals surface area (Å²) in [6.07, 6.45) is 1.35. The number of anilines is 1. The van der Waals surface area contributed by atoms with Crippen molar-refractivity contribution in [2.45, 2.75) is 65.2 Å². The van der Waals surface area contributed by atoms with Gasteiger partial charge in [-0.2, -0.15) is 0 Å². The molecule has 0 spiro atoms. The smallest absolute Gasteiger partial charge is 0.246 e. The summed E-state index contributed by atoms with van der Waals surface area (Å²) >= 11 is 0. The van der Waals surface area contributed by atoms with Gasteiger partial charge in [0.2, 0.25) is 17.7 Å². The fourth-order valence-electron chi connectivity index (χ4n) is 3.53. The lowest BCUT2D eigenvalue weighted by molar-refractivity contribution is -0.144. The van der Waals surface area contributed by atoms with Gasteiger partial charge in [-0.1, -0.05) is 32.9 Å². The molecule has 1 aliphatic heterocycles. The van der Waals surface area contributed by atoms with Gasteiger partial charge in [-0.25, -0.2) is 0 Å². The monoisotopic (exact) mass is 417 g/mol. The molecule has 3 amide bonds. The number of carbonyl (C=O) groups excluding carboxylic acids is 3. The molecule has 5 N–H and O–H groups in total. The molecule has 8 heteroatoms. The Balaban J connectivity index is 2.09. The van der Waals surface area contributed by atoms with E-state index in [1.54, 1.807) is 24.9 Å². The van der Waals surface area contributed by atoms with Crippen LogP contribution in [-0.4, -0.2) is 54.3 Å². The van der Waals surface area contributed by atoms with Gasteiger partial charge in [-0.3, -0.25) is 14.4 Å². The number of hydrogen-bond acceptors (Lipinski definition) is 5. The van der Waals surface area contributed by atoms with Gasteiger partial charge in [-0.15, -0.1) is 0 Å². The molecule has 1 heterocycles. The van der Waals surface area contributed by atoms with E-state index in [-0.39, 0.29) is 17.7 Å². The van der Waals surface area contributed by atoms with Gasteiger partial charge in [0.05, 0.1) is 6.04 Å². The first-order chi connectivity index (χ1) is 14.0. The van der Waals surface area contributed by atoms with Gasteiger partial charge in [0.15, 0.2) is 0 Å². The maximum atomic E-state index is 13.4. The Labute approximate surface area is 178 Å². The van der Waals surface area contributed by atoms with Gasteiger partial charge < -0.3 is 26.6 Å². The summed E-state index contributed by atoms with van der Waals surface area (Å²) in [5, 5.41) is 8.67. The van der Waals surface area contributed by atoms with E-state index in [9.17, 15) is 14.4 Å². The highest BCUT2D eigenvalue weighted by Gasteiger charge is 2.42. The fraction of sp³-hybridized carbons (Fsp3) is 0.591. The third-order valence-corrected chi connectivity index (χ3v) is 5.48. The predicted molar refractivity (Wildman–Crippen MR) is 117 cm³/mol. The first-order valence-electron chi connectivity index (χ1n) is 10.4. The lowest BCUT2D eigenvalue weighted by Crippen LogP contribution is -2.59. The van der Waals surface area contributed by atoms with E-state index >= 15 is 0 Å². The van der Waals surface area contributed by atoms with Crippen LogP contribution < -0.4 is 21.7 Å². The van der Waals surface area contributed by atoms with E-state index < -0.39 is 23.5 Å². The minimum atomic E-state index is -0.719. The van der Waals surface area contributed by atoms with Crippen LogP contribution in [0.1, 0.15) is 46.1 Å². The third kappa shape index (κ3) is 5.95. The van der Waals surface area contributed by atoms with Crippen LogP contribution in [0.25, 0.3) is 0 Å². The van der Waals surface area contributed by atoms with Crippen molar-refractivity contribution >= 4 is 23.4 Å². The second kappa shape index (κ2) is 9.93. The first-order valence-corrected chi connectivity index (χ1v) is 10.4. The van der Waals surface area contributed by atoms with Crippen molar-refractivity contribution in [1.82, 2.24) is 20.9 Å². The number of hydrogen-bond donors (Lipinski definition) is 4. The van der Waals surface area contributed by atoms with E-state index in [0.29, 0.717) is 25.2 Å². The quantitative estimate of drug-likeness (QED) is 0.494. The molecule has 8 nitrogen and oxygen atoms in total. The summed E-state index contributed by atoms with van der Waals surface area (Å²) in [4.78, 5) is 40.2. The zero-order valence-electron chi connectivity index (χ0n) is 18.6. The Morgan fingerprint density at radius 1 is 1.27 bits per heavy atom. The number of nitrogens with two attached hydrogens (primary N) is 1. The number of amides is 3. The van der Waals surface area contributed by atoms with Crippen molar-refractivity contribution in [2.75, 3.05) is 19.3 Å². The molecule has 166 valence electrons. The lowest BCUT2D eigenvalue weighted by atomic mass is 9.85. The third-order valence-electron chi connectivity index (χ3n) is 5.48. The van der Waals surface area contributed by atoms with E-state index in [2.05, 4.69) is 16.0 Å². The van der Waals surface area contributed by atoms with Crippen LogP contribution in [0, 0.1) is 5.41 Å². The second-order valence-electron chi connectivity index (χ2n) is 8.97. The highest BCUT2D eigenvalue weighted by atomic mass is 16.2. The number of nitrogens with one attached hydrogen (secondary N) is 3. The van der Waals surface area contributed by atoms with Crippen molar-refractivity contribution < 1.29 is 14.4 Å². The summed E-state index contributed by atoms with van der Waals surface area (Å²) < 4.78 is 0. The lowest BCUT2D eigenvalue weighted by Gasteiger charge is -2.36. The zero-order valence-corrected chi connectivity index (χ0v) is 18.6. The molecule has 0 bridgehead atoms. The summed E-state index contributed by atoms with van der Waals surface area (Å²) in [6.45, 7) is 8.31. The van der Waals surface area contributed by atoms with Gasteiger partial charge in [0.1, 0.15) is 12.1 Å². The summed E-state index contributed by atoms with van der Waals surface area (Å²) in [5.74, 6) is -0.653. The molecule has 3 atom stereocenters. The molecule has 0 aliphatic carbocycles.